The van der Waals surface area contributed by atoms with Gasteiger partial charge >= 0.3 is 6.09 Å². The van der Waals surface area contributed by atoms with E-state index in [-0.39, 0.29) is 6.10 Å². The number of carbonyl (C=O) groups excluding carboxylic acids is 1. The molecule has 1 rings (SSSR count). The van der Waals surface area contributed by atoms with Crippen molar-refractivity contribution in [3.05, 3.63) is 18.7 Å². The van der Waals surface area contributed by atoms with Crippen LogP contribution < -0.4 is 0 Å². The summed E-state index contributed by atoms with van der Waals surface area (Å²) in [5, 5.41) is 0. The maximum atomic E-state index is 11.2. The van der Waals surface area contributed by atoms with Crippen molar-refractivity contribution in [2.45, 2.75) is 19.4 Å². The first-order valence-electron chi connectivity index (χ1n) is 3.86. The van der Waals surface area contributed by atoms with Gasteiger partial charge in [-0.3, -0.25) is 0 Å². The van der Waals surface area contributed by atoms with E-state index in [0.29, 0.717) is 6.42 Å². The summed E-state index contributed by atoms with van der Waals surface area (Å²) in [5.74, 6) is 2.42. The highest BCUT2D eigenvalue weighted by Gasteiger charge is 2.09. The molecule has 1 aromatic heterocycles. The summed E-state index contributed by atoms with van der Waals surface area (Å²) in [5.41, 5.74) is 0. The van der Waals surface area contributed by atoms with Gasteiger partial charge in [-0.2, -0.15) is 0 Å². The molecule has 0 aromatic carbocycles. The lowest BCUT2D eigenvalue weighted by atomic mass is 10.3. The normalized spacial score (nSPS) is 11.7. The number of carbonyl (C=O) groups is 1. The van der Waals surface area contributed by atoms with Crippen LogP contribution in [-0.4, -0.2) is 21.7 Å². The minimum Gasteiger partial charge on any atom is -0.445 e. The second-order valence-corrected chi connectivity index (χ2v) is 2.57. The van der Waals surface area contributed by atoms with E-state index in [4.69, 9.17) is 11.2 Å². The van der Waals surface area contributed by atoms with Gasteiger partial charge in [-0.1, -0.05) is 0 Å². The molecule has 1 unspecified atom stereocenters. The lowest BCUT2D eigenvalue weighted by molar-refractivity contribution is 0.110. The lowest BCUT2D eigenvalue weighted by Crippen LogP contribution is -2.18. The van der Waals surface area contributed by atoms with Crippen molar-refractivity contribution in [3.8, 4) is 12.3 Å². The summed E-state index contributed by atoms with van der Waals surface area (Å²) < 4.78 is 6.23. The molecule has 0 aliphatic carbocycles. The van der Waals surface area contributed by atoms with Crippen LogP contribution in [0.1, 0.15) is 13.3 Å². The van der Waals surface area contributed by atoms with Crippen LogP contribution in [0.5, 0.6) is 0 Å². The van der Waals surface area contributed by atoms with Crippen LogP contribution in [0.3, 0.4) is 0 Å². The van der Waals surface area contributed by atoms with Crippen LogP contribution in [0.25, 0.3) is 0 Å². The van der Waals surface area contributed by atoms with E-state index in [0.717, 1.165) is 0 Å². The highest BCUT2D eigenvalue weighted by Crippen LogP contribution is 1.99. The average molecular weight is 178 g/mol. The zero-order valence-electron chi connectivity index (χ0n) is 7.30. The smallest absolute Gasteiger partial charge is 0.419 e. The van der Waals surface area contributed by atoms with Crippen LogP contribution in [-0.2, 0) is 4.74 Å². The van der Waals surface area contributed by atoms with Gasteiger partial charge in [0.05, 0.1) is 0 Å². The first-order valence-corrected chi connectivity index (χ1v) is 3.86. The Bertz CT molecular complexity index is 311. The predicted octanol–water partition coefficient (Wildman–Crippen LogP) is 1.28. The molecule has 4 heteroatoms. The van der Waals surface area contributed by atoms with Gasteiger partial charge in [0, 0.05) is 18.8 Å². The third-order valence-electron chi connectivity index (χ3n) is 1.42. The number of ether oxygens (including phenoxy) is 1. The fraction of sp³-hybridized carbons (Fsp3) is 0.333. The highest BCUT2D eigenvalue weighted by molar-refractivity contribution is 5.70. The third kappa shape index (κ3) is 2.64. The maximum Gasteiger partial charge on any atom is 0.419 e. The molecule has 0 aliphatic heterocycles. The molecule has 4 nitrogen and oxygen atoms in total. The summed E-state index contributed by atoms with van der Waals surface area (Å²) in [4.78, 5) is 14.9. The zero-order chi connectivity index (χ0) is 9.68. The molecule has 68 valence electrons. The van der Waals surface area contributed by atoms with Gasteiger partial charge in [-0.05, 0) is 6.92 Å². The Morgan fingerprint density at radius 3 is 3.15 bits per heavy atom. The van der Waals surface area contributed by atoms with E-state index in [1.54, 1.807) is 6.92 Å². The maximum absolute atomic E-state index is 11.2. The van der Waals surface area contributed by atoms with Gasteiger partial charge in [0.2, 0.25) is 0 Å². The average Bonchev–Trinajstić information content (AvgIpc) is 2.55. The van der Waals surface area contributed by atoms with Crippen LogP contribution >= 0.6 is 0 Å². The van der Waals surface area contributed by atoms with Gasteiger partial charge in [-0.25, -0.2) is 14.3 Å². The monoisotopic (exact) mass is 178 g/mol. The van der Waals surface area contributed by atoms with Crippen LogP contribution in [0, 0.1) is 12.3 Å². The molecule has 0 spiro atoms. The molecule has 1 aromatic rings. The molecule has 0 saturated heterocycles. The van der Waals surface area contributed by atoms with Crippen molar-refractivity contribution in [2.75, 3.05) is 0 Å². The molecule has 0 aliphatic rings. The van der Waals surface area contributed by atoms with Crippen molar-refractivity contribution in [2.24, 2.45) is 0 Å². The fourth-order valence-electron chi connectivity index (χ4n) is 0.808. The summed E-state index contributed by atoms with van der Waals surface area (Å²) in [6.45, 7) is 1.74. The van der Waals surface area contributed by atoms with Gasteiger partial charge in [0.1, 0.15) is 12.4 Å². The van der Waals surface area contributed by atoms with E-state index in [2.05, 4.69) is 10.9 Å². The van der Waals surface area contributed by atoms with E-state index < -0.39 is 6.09 Å². The molecular weight excluding hydrogens is 168 g/mol. The van der Waals surface area contributed by atoms with E-state index in [9.17, 15) is 4.79 Å². The number of rotatable bonds is 2. The van der Waals surface area contributed by atoms with Crippen molar-refractivity contribution in [1.82, 2.24) is 9.55 Å². The van der Waals surface area contributed by atoms with Crippen molar-refractivity contribution < 1.29 is 9.53 Å². The number of nitrogens with zero attached hydrogens (tertiary/aromatic N) is 2. The number of hydrogen-bond donors (Lipinski definition) is 0. The van der Waals surface area contributed by atoms with Crippen LogP contribution in [0.4, 0.5) is 4.79 Å². The Balaban J connectivity index is 2.48. The standard InChI is InChI=1S/C9H10N2O2/c1-3-4-8(2)13-9(12)11-6-5-10-7-11/h1,5-8H,4H2,2H3. The SMILES string of the molecule is C#CCC(C)OC(=O)n1ccnc1. The Labute approximate surface area is 76.5 Å². The molecule has 1 heterocycles. The number of aromatic nitrogens is 2. The molecule has 0 bridgehead atoms. The van der Waals surface area contributed by atoms with E-state index in [1.165, 1.54) is 23.3 Å². The number of hydrogen-bond acceptors (Lipinski definition) is 3. The molecule has 0 fully saturated rings. The summed E-state index contributed by atoms with van der Waals surface area (Å²) in [6, 6.07) is 0. The highest BCUT2D eigenvalue weighted by atomic mass is 16.6. The molecule has 13 heavy (non-hydrogen) atoms. The molecule has 0 saturated carbocycles. The molecular formula is C9H10N2O2. The molecule has 0 amide bonds. The topological polar surface area (TPSA) is 44.1 Å². The van der Waals surface area contributed by atoms with E-state index in [1.807, 2.05) is 0 Å². The molecule has 0 radical (unpaired) electrons. The van der Waals surface area contributed by atoms with Crippen molar-refractivity contribution in [3.63, 3.8) is 0 Å². The minimum absolute atomic E-state index is 0.264. The van der Waals surface area contributed by atoms with Crippen LogP contribution in [0.2, 0.25) is 0 Å². The predicted molar refractivity (Wildman–Crippen MR) is 47.0 cm³/mol. The van der Waals surface area contributed by atoms with Gasteiger partial charge in [0.15, 0.2) is 0 Å². The van der Waals surface area contributed by atoms with E-state index >= 15 is 0 Å². The molecule has 0 N–H and O–H groups in total. The van der Waals surface area contributed by atoms with Crippen molar-refractivity contribution >= 4 is 6.09 Å². The van der Waals surface area contributed by atoms with Crippen LogP contribution in [0.15, 0.2) is 18.7 Å². The lowest BCUT2D eigenvalue weighted by Gasteiger charge is -2.09. The Morgan fingerprint density at radius 1 is 1.85 bits per heavy atom. The Morgan fingerprint density at radius 2 is 2.62 bits per heavy atom. The Hall–Kier alpha value is -1.76. The number of terminal acetylenes is 1. The fourth-order valence-corrected chi connectivity index (χ4v) is 0.808. The summed E-state index contributed by atoms with van der Waals surface area (Å²) in [6.07, 6.45) is 9.16. The minimum atomic E-state index is -0.458. The summed E-state index contributed by atoms with van der Waals surface area (Å²) in [7, 11) is 0. The first kappa shape index (κ1) is 9.33. The number of imidazole rings is 1. The molecule has 1 atom stereocenters. The first-order chi connectivity index (χ1) is 6.24. The third-order valence-corrected chi connectivity index (χ3v) is 1.42. The second-order valence-electron chi connectivity index (χ2n) is 2.57. The summed E-state index contributed by atoms with van der Waals surface area (Å²) >= 11 is 0. The van der Waals surface area contributed by atoms with Gasteiger partial charge in [0.25, 0.3) is 0 Å². The van der Waals surface area contributed by atoms with Gasteiger partial charge < -0.3 is 4.74 Å². The largest absolute Gasteiger partial charge is 0.445 e. The van der Waals surface area contributed by atoms with Crippen molar-refractivity contribution in [1.29, 1.82) is 0 Å². The quantitative estimate of drug-likeness (QED) is 0.641. The second kappa shape index (κ2) is 4.31. The van der Waals surface area contributed by atoms with Gasteiger partial charge in [-0.15, -0.1) is 12.3 Å². The Kier molecular flexibility index (Phi) is 3.09. The zero-order valence-corrected chi connectivity index (χ0v) is 7.30.